The van der Waals surface area contributed by atoms with E-state index in [0.29, 0.717) is 31.3 Å². The van der Waals surface area contributed by atoms with Crippen molar-refractivity contribution in [2.45, 2.75) is 70.1 Å². The number of amides is 2. The van der Waals surface area contributed by atoms with Gasteiger partial charge in [0.1, 0.15) is 6.54 Å². The molecular weight excluding hydrogens is 359 g/mol. The van der Waals surface area contributed by atoms with Gasteiger partial charge in [-0.1, -0.05) is 12.8 Å². The van der Waals surface area contributed by atoms with Gasteiger partial charge in [0.15, 0.2) is 0 Å². The molecule has 2 aliphatic heterocycles. The van der Waals surface area contributed by atoms with Crippen molar-refractivity contribution in [3.8, 4) is 0 Å². The summed E-state index contributed by atoms with van der Waals surface area (Å²) in [5.41, 5.74) is 0. The minimum atomic E-state index is -4.40. The smallest absolute Gasteiger partial charge is 0.341 e. The first-order valence-electron chi connectivity index (χ1n) is 10.2. The van der Waals surface area contributed by atoms with E-state index in [1.807, 2.05) is 0 Å². The lowest BCUT2D eigenvalue weighted by Crippen LogP contribution is -2.52. The highest BCUT2D eigenvalue weighted by molar-refractivity contribution is 5.84. The Balaban J connectivity index is 1.58. The third kappa shape index (κ3) is 4.95. The first-order chi connectivity index (χ1) is 12.8. The Labute approximate surface area is 158 Å². The molecule has 0 aromatic heterocycles. The Morgan fingerprint density at radius 2 is 1.89 bits per heavy atom. The van der Waals surface area contributed by atoms with E-state index in [-0.39, 0.29) is 25.0 Å². The number of fused-ring (bicyclic) bond motifs is 1. The second-order valence-electron chi connectivity index (χ2n) is 8.20. The van der Waals surface area contributed by atoms with Gasteiger partial charge in [0.05, 0.1) is 12.0 Å². The molecule has 1 aliphatic carbocycles. The van der Waals surface area contributed by atoms with Crippen molar-refractivity contribution in [3.63, 3.8) is 0 Å². The second kappa shape index (κ2) is 8.37. The van der Waals surface area contributed by atoms with Crippen LogP contribution < -0.4 is 5.32 Å². The zero-order valence-corrected chi connectivity index (χ0v) is 15.9. The third-order valence-electron chi connectivity index (χ3n) is 6.31. The van der Waals surface area contributed by atoms with Crippen LogP contribution in [0.25, 0.3) is 0 Å². The summed E-state index contributed by atoms with van der Waals surface area (Å²) in [6, 6.07) is 0.210. The van der Waals surface area contributed by atoms with E-state index >= 15 is 0 Å². The number of piperidine rings is 1. The normalized spacial score (nSPS) is 31.5. The van der Waals surface area contributed by atoms with Crippen LogP contribution in [-0.4, -0.2) is 66.1 Å². The number of carbonyl (C=O) groups is 2. The summed E-state index contributed by atoms with van der Waals surface area (Å²) in [4.78, 5) is 28.1. The number of hydrogen-bond donors (Lipinski definition) is 1. The number of nitrogens with one attached hydrogen (secondary N) is 1. The molecule has 3 fully saturated rings. The summed E-state index contributed by atoms with van der Waals surface area (Å²) in [6.07, 6.45) is 2.32. The van der Waals surface area contributed by atoms with Crippen molar-refractivity contribution < 1.29 is 22.8 Å². The van der Waals surface area contributed by atoms with Crippen molar-refractivity contribution >= 4 is 11.8 Å². The third-order valence-corrected chi connectivity index (χ3v) is 6.31. The van der Waals surface area contributed by atoms with Crippen LogP contribution in [0.5, 0.6) is 0 Å². The molecule has 27 heavy (non-hydrogen) atoms. The largest absolute Gasteiger partial charge is 0.406 e. The molecule has 4 unspecified atom stereocenters. The maximum absolute atomic E-state index is 12.9. The lowest BCUT2D eigenvalue weighted by atomic mass is 9.85. The number of alkyl halides is 3. The van der Waals surface area contributed by atoms with Gasteiger partial charge in [-0.2, -0.15) is 13.2 Å². The van der Waals surface area contributed by atoms with Crippen LogP contribution in [0.2, 0.25) is 0 Å². The fourth-order valence-electron chi connectivity index (χ4n) is 4.93. The van der Waals surface area contributed by atoms with E-state index in [0.717, 1.165) is 24.2 Å². The van der Waals surface area contributed by atoms with Crippen LogP contribution >= 0.6 is 0 Å². The minimum absolute atomic E-state index is 0.0146. The molecule has 2 heterocycles. The van der Waals surface area contributed by atoms with Crippen LogP contribution in [-0.2, 0) is 9.59 Å². The Morgan fingerprint density at radius 1 is 1.15 bits per heavy atom. The molecule has 0 radical (unpaired) electrons. The zero-order chi connectivity index (χ0) is 19.6. The SMILES string of the molecule is CCN(CC(F)(F)F)C(=O)C1CCCN(C(=O)C2CC3CCCCC3N2)C1. The molecule has 0 aromatic carbocycles. The molecule has 1 saturated carbocycles. The number of halogens is 3. The van der Waals surface area contributed by atoms with Gasteiger partial charge >= 0.3 is 6.18 Å². The van der Waals surface area contributed by atoms with Gasteiger partial charge in [0, 0.05) is 25.7 Å². The van der Waals surface area contributed by atoms with Gasteiger partial charge in [0.2, 0.25) is 11.8 Å². The minimum Gasteiger partial charge on any atom is -0.341 e. The first kappa shape index (κ1) is 20.4. The van der Waals surface area contributed by atoms with Crippen LogP contribution in [0.3, 0.4) is 0 Å². The topological polar surface area (TPSA) is 52.7 Å². The summed E-state index contributed by atoms with van der Waals surface area (Å²) >= 11 is 0. The molecule has 4 atom stereocenters. The van der Waals surface area contributed by atoms with Crippen LogP contribution in [0.4, 0.5) is 13.2 Å². The standard InChI is InChI=1S/C19H30F3N3O2/c1-2-24(12-19(20,21)22)17(26)14-7-5-9-25(11-14)18(27)16-10-13-6-3-4-8-15(13)23-16/h13-16,23H,2-12H2,1H3. The summed E-state index contributed by atoms with van der Waals surface area (Å²) in [7, 11) is 0. The summed E-state index contributed by atoms with van der Waals surface area (Å²) in [6.45, 7) is 1.18. The van der Waals surface area contributed by atoms with Gasteiger partial charge in [-0.05, 0) is 44.9 Å². The average Bonchev–Trinajstić information content (AvgIpc) is 3.08. The number of rotatable bonds is 4. The highest BCUT2D eigenvalue weighted by Gasteiger charge is 2.42. The van der Waals surface area contributed by atoms with E-state index in [2.05, 4.69) is 5.32 Å². The molecule has 0 aromatic rings. The van der Waals surface area contributed by atoms with E-state index in [9.17, 15) is 22.8 Å². The van der Waals surface area contributed by atoms with Gasteiger partial charge in [-0.3, -0.25) is 9.59 Å². The van der Waals surface area contributed by atoms with Crippen molar-refractivity contribution in [2.24, 2.45) is 11.8 Å². The predicted octanol–water partition coefficient (Wildman–Crippen LogP) is 2.56. The Morgan fingerprint density at radius 3 is 2.56 bits per heavy atom. The fraction of sp³-hybridized carbons (Fsp3) is 0.895. The van der Waals surface area contributed by atoms with Crippen molar-refractivity contribution in [2.75, 3.05) is 26.2 Å². The molecule has 3 aliphatic rings. The zero-order valence-electron chi connectivity index (χ0n) is 15.9. The number of hydrogen-bond acceptors (Lipinski definition) is 3. The quantitative estimate of drug-likeness (QED) is 0.804. The number of nitrogens with zero attached hydrogens (tertiary/aromatic N) is 2. The Kier molecular flexibility index (Phi) is 6.33. The van der Waals surface area contributed by atoms with Crippen molar-refractivity contribution in [3.05, 3.63) is 0 Å². The van der Waals surface area contributed by atoms with Crippen LogP contribution in [0.15, 0.2) is 0 Å². The molecular formula is C19H30F3N3O2. The number of carbonyl (C=O) groups excluding carboxylic acids is 2. The Hall–Kier alpha value is -1.31. The predicted molar refractivity (Wildman–Crippen MR) is 94.9 cm³/mol. The Bertz CT molecular complexity index is 541. The van der Waals surface area contributed by atoms with Crippen LogP contribution in [0, 0.1) is 11.8 Å². The lowest BCUT2D eigenvalue weighted by Gasteiger charge is -2.36. The summed E-state index contributed by atoms with van der Waals surface area (Å²) < 4.78 is 38.1. The maximum Gasteiger partial charge on any atom is 0.406 e. The van der Waals surface area contributed by atoms with E-state index in [1.54, 1.807) is 11.8 Å². The summed E-state index contributed by atoms with van der Waals surface area (Å²) in [5.74, 6) is -0.452. The van der Waals surface area contributed by atoms with E-state index in [1.165, 1.54) is 12.8 Å². The molecule has 2 amide bonds. The lowest BCUT2D eigenvalue weighted by molar-refractivity contribution is -0.165. The second-order valence-corrected chi connectivity index (χ2v) is 8.20. The number of likely N-dealkylation sites (tertiary alicyclic amines) is 1. The fourth-order valence-corrected chi connectivity index (χ4v) is 4.93. The van der Waals surface area contributed by atoms with Gasteiger partial charge < -0.3 is 15.1 Å². The van der Waals surface area contributed by atoms with Crippen LogP contribution in [0.1, 0.15) is 51.9 Å². The highest BCUT2D eigenvalue weighted by Crippen LogP contribution is 2.34. The molecule has 5 nitrogen and oxygen atoms in total. The molecule has 0 bridgehead atoms. The van der Waals surface area contributed by atoms with Gasteiger partial charge in [-0.15, -0.1) is 0 Å². The molecule has 2 saturated heterocycles. The van der Waals surface area contributed by atoms with E-state index in [4.69, 9.17) is 0 Å². The highest BCUT2D eigenvalue weighted by atomic mass is 19.4. The van der Waals surface area contributed by atoms with Crippen molar-refractivity contribution in [1.29, 1.82) is 0 Å². The average molecular weight is 389 g/mol. The van der Waals surface area contributed by atoms with E-state index < -0.39 is 24.5 Å². The molecule has 0 spiro atoms. The summed E-state index contributed by atoms with van der Waals surface area (Å²) in [5, 5.41) is 3.46. The molecule has 1 N–H and O–H groups in total. The van der Waals surface area contributed by atoms with Gasteiger partial charge in [-0.25, -0.2) is 0 Å². The molecule has 3 rings (SSSR count). The monoisotopic (exact) mass is 389 g/mol. The van der Waals surface area contributed by atoms with Crippen molar-refractivity contribution in [1.82, 2.24) is 15.1 Å². The molecule has 154 valence electrons. The maximum atomic E-state index is 12.9. The first-order valence-corrected chi connectivity index (χ1v) is 10.2. The molecule has 8 heteroatoms. The van der Waals surface area contributed by atoms with Gasteiger partial charge in [0.25, 0.3) is 0 Å².